The molecule has 1 aromatic rings. The SMILES string of the molecule is Fc1ccc(Br)cc1N1CCCC(NC2CC2)C1. The third-order valence-corrected chi connectivity index (χ3v) is 4.21. The highest BCUT2D eigenvalue weighted by Crippen LogP contribution is 2.28. The second-order valence-corrected chi connectivity index (χ2v) is 6.24. The number of hydrogen-bond acceptors (Lipinski definition) is 2. The van der Waals surface area contributed by atoms with Crippen LogP contribution in [0.15, 0.2) is 22.7 Å². The first-order valence-electron chi connectivity index (χ1n) is 6.68. The molecule has 0 aromatic heterocycles. The molecule has 2 aliphatic rings. The average molecular weight is 313 g/mol. The van der Waals surface area contributed by atoms with Gasteiger partial charge in [0.1, 0.15) is 5.82 Å². The summed E-state index contributed by atoms with van der Waals surface area (Å²) in [5.74, 6) is -0.120. The Morgan fingerprint density at radius 3 is 2.83 bits per heavy atom. The summed E-state index contributed by atoms with van der Waals surface area (Å²) in [5, 5.41) is 3.65. The van der Waals surface area contributed by atoms with E-state index in [1.165, 1.54) is 25.3 Å². The summed E-state index contributed by atoms with van der Waals surface area (Å²) in [4.78, 5) is 2.17. The van der Waals surface area contributed by atoms with E-state index < -0.39 is 0 Å². The molecule has 1 unspecified atom stereocenters. The molecule has 0 bridgehead atoms. The van der Waals surface area contributed by atoms with Gasteiger partial charge in [-0.25, -0.2) is 4.39 Å². The minimum absolute atomic E-state index is 0.120. The smallest absolute Gasteiger partial charge is 0.146 e. The Morgan fingerprint density at radius 2 is 2.06 bits per heavy atom. The van der Waals surface area contributed by atoms with Crippen LogP contribution < -0.4 is 10.2 Å². The Hall–Kier alpha value is -0.610. The molecule has 1 aromatic carbocycles. The van der Waals surface area contributed by atoms with Crippen molar-refractivity contribution in [3.8, 4) is 0 Å². The number of piperidine rings is 1. The summed E-state index contributed by atoms with van der Waals surface area (Å²) in [6, 6.07) is 6.42. The number of benzene rings is 1. The number of hydrogen-bond donors (Lipinski definition) is 1. The second-order valence-electron chi connectivity index (χ2n) is 5.32. The molecular formula is C14H18BrFN2. The van der Waals surface area contributed by atoms with Crippen LogP contribution in [0.1, 0.15) is 25.7 Å². The third kappa shape index (κ3) is 2.86. The number of halogens is 2. The lowest BCUT2D eigenvalue weighted by molar-refractivity contribution is 0.417. The Labute approximate surface area is 116 Å². The molecule has 1 aliphatic heterocycles. The van der Waals surface area contributed by atoms with Crippen LogP contribution in [0.3, 0.4) is 0 Å². The molecule has 1 saturated carbocycles. The molecule has 0 amide bonds. The van der Waals surface area contributed by atoms with E-state index in [4.69, 9.17) is 0 Å². The second kappa shape index (κ2) is 5.17. The maximum absolute atomic E-state index is 13.9. The van der Waals surface area contributed by atoms with Crippen LogP contribution in [0.2, 0.25) is 0 Å². The predicted octanol–water partition coefficient (Wildman–Crippen LogP) is 3.31. The molecule has 1 heterocycles. The van der Waals surface area contributed by atoms with Crippen LogP contribution >= 0.6 is 15.9 Å². The van der Waals surface area contributed by atoms with E-state index in [1.54, 1.807) is 6.07 Å². The molecule has 18 heavy (non-hydrogen) atoms. The van der Waals surface area contributed by atoms with Gasteiger partial charge in [-0.15, -0.1) is 0 Å². The van der Waals surface area contributed by atoms with Gasteiger partial charge in [-0.3, -0.25) is 0 Å². The number of nitrogens with one attached hydrogen (secondary N) is 1. The van der Waals surface area contributed by atoms with Crippen LogP contribution in [-0.4, -0.2) is 25.2 Å². The maximum Gasteiger partial charge on any atom is 0.146 e. The largest absolute Gasteiger partial charge is 0.368 e. The maximum atomic E-state index is 13.9. The zero-order valence-corrected chi connectivity index (χ0v) is 11.9. The normalized spacial score (nSPS) is 24.3. The lowest BCUT2D eigenvalue weighted by Crippen LogP contribution is -2.46. The minimum atomic E-state index is -0.120. The van der Waals surface area contributed by atoms with Crippen molar-refractivity contribution in [2.45, 2.75) is 37.8 Å². The van der Waals surface area contributed by atoms with Gasteiger partial charge in [0, 0.05) is 29.6 Å². The van der Waals surface area contributed by atoms with E-state index in [9.17, 15) is 4.39 Å². The predicted molar refractivity (Wildman–Crippen MR) is 75.5 cm³/mol. The Balaban J connectivity index is 1.72. The molecule has 3 rings (SSSR count). The van der Waals surface area contributed by atoms with Crippen LogP contribution in [0.25, 0.3) is 0 Å². The standard InChI is InChI=1S/C14H18BrFN2/c15-10-3-6-13(16)14(8-10)18-7-1-2-12(9-18)17-11-4-5-11/h3,6,8,11-12,17H,1-2,4-5,7,9H2. The van der Waals surface area contributed by atoms with Gasteiger partial charge in [-0.1, -0.05) is 15.9 Å². The van der Waals surface area contributed by atoms with Crippen molar-refractivity contribution in [3.63, 3.8) is 0 Å². The number of nitrogens with zero attached hydrogens (tertiary/aromatic N) is 1. The summed E-state index contributed by atoms with van der Waals surface area (Å²) in [7, 11) is 0. The lowest BCUT2D eigenvalue weighted by atomic mass is 10.0. The van der Waals surface area contributed by atoms with Gasteiger partial charge >= 0.3 is 0 Å². The molecule has 1 N–H and O–H groups in total. The summed E-state index contributed by atoms with van der Waals surface area (Å²) in [5.41, 5.74) is 0.728. The van der Waals surface area contributed by atoms with E-state index in [-0.39, 0.29) is 5.82 Å². The van der Waals surface area contributed by atoms with Crippen molar-refractivity contribution in [2.24, 2.45) is 0 Å². The van der Waals surface area contributed by atoms with Crippen molar-refractivity contribution in [1.29, 1.82) is 0 Å². The molecule has 98 valence electrons. The van der Waals surface area contributed by atoms with Gasteiger partial charge < -0.3 is 10.2 Å². The van der Waals surface area contributed by atoms with Gasteiger partial charge in [-0.05, 0) is 43.9 Å². The quantitative estimate of drug-likeness (QED) is 0.921. The number of anilines is 1. The third-order valence-electron chi connectivity index (χ3n) is 3.72. The number of rotatable bonds is 3. The van der Waals surface area contributed by atoms with E-state index in [2.05, 4.69) is 26.1 Å². The molecule has 0 spiro atoms. The summed E-state index contributed by atoms with van der Waals surface area (Å²) in [6.07, 6.45) is 4.96. The first-order valence-corrected chi connectivity index (χ1v) is 7.48. The highest BCUT2D eigenvalue weighted by atomic mass is 79.9. The summed E-state index contributed by atoms with van der Waals surface area (Å²) >= 11 is 3.42. The van der Waals surface area contributed by atoms with Gasteiger partial charge in [0.25, 0.3) is 0 Å². The zero-order chi connectivity index (χ0) is 12.5. The van der Waals surface area contributed by atoms with Crippen LogP contribution in [0, 0.1) is 5.82 Å². The zero-order valence-electron chi connectivity index (χ0n) is 10.3. The molecule has 1 saturated heterocycles. The minimum Gasteiger partial charge on any atom is -0.368 e. The van der Waals surface area contributed by atoms with Crippen molar-refractivity contribution < 1.29 is 4.39 Å². The monoisotopic (exact) mass is 312 g/mol. The Bertz CT molecular complexity index is 434. The van der Waals surface area contributed by atoms with Crippen LogP contribution in [-0.2, 0) is 0 Å². The summed E-state index contributed by atoms with van der Waals surface area (Å²) < 4.78 is 14.8. The van der Waals surface area contributed by atoms with Crippen LogP contribution in [0.4, 0.5) is 10.1 Å². The molecule has 2 fully saturated rings. The topological polar surface area (TPSA) is 15.3 Å². The van der Waals surface area contributed by atoms with E-state index in [0.717, 1.165) is 35.7 Å². The van der Waals surface area contributed by atoms with Crippen LogP contribution in [0.5, 0.6) is 0 Å². The fraction of sp³-hybridized carbons (Fsp3) is 0.571. The first kappa shape index (κ1) is 12.4. The fourth-order valence-corrected chi connectivity index (χ4v) is 2.99. The average Bonchev–Trinajstić information content (AvgIpc) is 3.16. The molecule has 0 radical (unpaired) electrons. The van der Waals surface area contributed by atoms with Crippen molar-refractivity contribution in [2.75, 3.05) is 18.0 Å². The summed E-state index contributed by atoms with van der Waals surface area (Å²) in [6.45, 7) is 1.88. The Kier molecular flexibility index (Phi) is 3.57. The molecule has 4 heteroatoms. The van der Waals surface area contributed by atoms with Gasteiger partial charge in [0.2, 0.25) is 0 Å². The highest BCUT2D eigenvalue weighted by Gasteiger charge is 2.28. The first-order chi connectivity index (χ1) is 8.72. The molecule has 2 nitrogen and oxygen atoms in total. The van der Waals surface area contributed by atoms with E-state index >= 15 is 0 Å². The van der Waals surface area contributed by atoms with Gasteiger partial charge in [0.15, 0.2) is 0 Å². The van der Waals surface area contributed by atoms with Gasteiger partial charge in [0.05, 0.1) is 5.69 Å². The van der Waals surface area contributed by atoms with E-state index in [0.29, 0.717) is 6.04 Å². The van der Waals surface area contributed by atoms with Crippen molar-refractivity contribution >= 4 is 21.6 Å². The van der Waals surface area contributed by atoms with Crippen molar-refractivity contribution in [1.82, 2.24) is 5.32 Å². The molecule has 1 aliphatic carbocycles. The van der Waals surface area contributed by atoms with Crippen molar-refractivity contribution in [3.05, 3.63) is 28.5 Å². The van der Waals surface area contributed by atoms with E-state index in [1.807, 2.05) is 6.07 Å². The Morgan fingerprint density at radius 1 is 1.22 bits per heavy atom. The highest BCUT2D eigenvalue weighted by molar-refractivity contribution is 9.10. The molecular weight excluding hydrogens is 295 g/mol. The van der Waals surface area contributed by atoms with Gasteiger partial charge in [-0.2, -0.15) is 0 Å². The lowest BCUT2D eigenvalue weighted by Gasteiger charge is -2.35. The molecule has 1 atom stereocenters. The fourth-order valence-electron chi connectivity index (χ4n) is 2.64.